The molecule has 46 heavy (non-hydrogen) atoms. The second-order valence-corrected chi connectivity index (χ2v) is 3.69. The summed E-state index contributed by atoms with van der Waals surface area (Å²) in [7, 11) is 0. The van der Waals surface area contributed by atoms with E-state index in [4.69, 9.17) is 60.6 Å². The van der Waals surface area contributed by atoms with Crippen LogP contribution in [0.15, 0.2) is 43.0 Å². The smallest absolute Gasteiger partial charge is 0 e. The van der Waals surface area contributed by atoms with Gasteiger partial charge in [0.25, 0.3) is 0 Å². The molecule has 0 atom stereocenters. The zero-order valence-electron chi connectivity index (χ0n) is 22.8. The molecule has 0 spiro atoms. The van der Waals surface area contributed by atoms with Crippen molar-refractivity contribution in [2.45, 2.75) is 25.9 Å². The van der Waals surface area contributed by atoms with Gasteiger partial charge in [0.05, 0.1) is 13.0 Å². The SMILES string of the molecule is C=CCCC#CCC#CCOCc1ccccc1.[C-]#[O+].[C-]#[O+].[C-]#[O+].[C-]#[O+].[C-]#[O+].[C-]#[O+].[C-]#[O+].[C-]#[O+].[C-]#[O+].[C-]#[O+].[C-]#[O+].[C-]#[O+].[Co].[Co].[Co].[Co]. The second kappa shape index (κ2) is 277. The van der Waals surface area contributed by atoms with Crippen molar-refractivity contribution in [1.29, 1.82) is 0 Å². The van der Waals surface area contributed by atoms with Crippen LogP contribution < -0.4 is 0 Å². The van der Waals surface area contributed by atoms with Crippen LogP contribution in [0, 0.1) is 103 Å². The van der Waals surface area contributed by atoms with Crippen LogP contribution in [0.25, 0.3) is 0 Å². The fourth-order valence-corrected chi connectivity index (χ4v) is 1.28. The van der Waals surface area contributed by atoms with E-state index in [-0.39, 0.29) is 67.1 Å². The molecule has 1 aromatic carbocycles. The van der Waals surface area contributed by atoms with Gasteiger partial charge in [-0.15, -0.1) is 12.5 Å². The quantitative estimate of drug-likeness (QED) is 0.141. The molecule has 0 aliphatic heterocycles. The van der Waals surface area contributed by atoms with Crippen molar-refractivity contribution < 1.29 is 128 Å². The second-order valence-electron chi connectivity index (χ2n) is 3.69. The molecule has 1 aromatic rings. The molecule has 0 unspecified atom stereocenters. The molecule has 0 aliphatic rings. The van der Waals surface area contributed by atoms with E-state index in [1.165, 1.54) is 5.56 Å². The van der Waals surface area contributed by atoms with Gasteiger partial charge in [-0.1, -0.05) is 54.2 Å². The van der Waals surface area contributed by atoms with Crippen molar-refractivity contribution in [3.05, 3.63) is 128 Å². The number of allylic oxidation sites excluding steroid dienone is 1. The first-order valence-electron chi connectivity index (χ1n) is 8.52. The van der Waals surface area contributed by atoms with Gasteiger partial charge in [0.1, 0.15) is 6.61 Å². The fourth-order valence-electron chi connectivity index (χ4n) is 1.28. The summed E-state index contributed by atoms with van der Waals surface area (Å²) in [6.07, 6.45) is 4.31. The standard InChI is InChI=1S/C17H18O.12CO.4Co/c1-2-3-4-5-6-7-8-12-15-18-16-17-13-10-9-11-14-17;12*1-2;;;;/h2,9-11,13-14H,1,3-4,7,15-16H2;;;;;;;;;;;;;;;;. The first-order chi connectivity index (χ1) is 20.9. The molecule has 0 saturated carbocycles. The average molecular weight is 810 g/mol. The van der Waals surface area contributed by atoms with Crippen molar-refractivity contribution in [2.75, 3.05) is 6.61 Å². The third-order valence-electron chi connectivity index (χ3n) is 2.19. The fraction of sp³-hybridized carbons (Fsp3) is 0.172. The van der Waals surface area contributed by atoms with Crippen LogP contribution in [0.4, 0.5) is 0 Å². The van der Waals surface area contributed by atoms with Gasteiger partial charge in [0.2, 0.25) is 0 Å². The van der Waals surface area contributed by atoms with E-state index in [1.807, 2.05) is 36.4 Å². The molecule has 0 heterocycles. The van der Waals surface area contributed by atoms with Gasteiger partial charge in [0.15, 0.2) is 0 Å². The Morgan fingerprint density at radius 1 is 0.500 bits per heavy atom. The number of benzene rings is 1. The maximum atomic E-state index is 7.50. The van der Waals surface area contributed by atoms with Crippen LogP contribution in [0.3, 0.4) is 0 Å². The third-order valence-corrected chi connectivity index (χ3v) is 2.19. The van der Waals surface area contributed by atoms with Gasteiger partial charge in [-0.25, -0.2) is 0 Å². The molecular formula is C29H18Co4O13. The number of hydrogen-bond acceptors (Lipinski definition) is 1. The Morgan fingerprint density at radius 2 is 0.804 bits per heavy atom. The van der Waals surface area contributed by atoms with Crippen LogP contribution >= 0.6 is 0 Å². The molecule has 17 heteroatoms. The first-order valence-corrected chi connectivity index (χ1v) is 8.52. The van der Waals surface area contributed by atoms with Crippen LogP contribution in [-0.2, 0) is 134 Å². The minimum absolute atomic E-state index is 0. The van der Waals surface area contributed by atoms with Gasteiger partial charge in [-0.05, 0) is 12.0 Å². The van der Waals surface area contributed by atoms with E-state index in [1.54, 1.807) is 0 Å². The summed E-state index contributed by atoms with van der Waals surface area (Å²) in [6.45, 7) is 58.7. The molecule has 4 radical (unpaired) electrons. The third kappa shape index (κ3) is 228. The summed E-state index contributed by atoms with van der Waals surface area (Å²) >= 11 is 0. The van der Waals surface area contributed by atoms with E-state index in [2.05, 4.69) is 110 Å². The van der Waals surface area contributed by atoms with E-state index in [0.717, 1.165) is 12.8 Å². The maximum Gasteiger partial charge on any atom is 0 e. The Morgan fingerprint density at radius 3 is 1.11 bits per heavy atom. The molecule has 13 nitrogen and oxygen atoms in total. The van der Waals surface area contributed by atoms with Crippen LogP contribution in [0.2, 0.25) is 0 Å². The van der Waals surface area contributed by atoms with Crippen molar-refractivity contribution in [3.63, 3.8) is 0 Å². The predicted molar refractivity (Wildman–Crippen MR) is 123 cm³/mol. The first kappa shape index (κ1) is 104. The van der Waals surface area contributed by atoms with Crippen molar-refractivity contribution >= 4 is 0 Å². The molecular weight excluding hydrogens is 792 g/mol. The van der Waals surface area contributed by atoms with E-state index in [0.29, 0.717) is 19.6 Å². The van der Waals surface area contributed by atoms with E-state index in [9.17, 15) is 0 Å². The molecule has 1 rings (SSSR count). The molecule has 0 bridgehead atoms. The summed E-state index contributed by atoms with van der Waals surface area (Å²) in [5, 5.41) is 0. The number of ether oxygens (including phenoxy) is 1. The normalized spacial score (nSPS) is 3.91. The molecule has 0 amide bonds. The van der Waals surface area contributed by atoms with Gasteiger partial charge < -0.3 is 4.74 Å². The summed E-state index contributed by atoms with van der Waals surface area (Å²) < 4.78 is 95.4. The monoisotopic (exact) mass is 810 g/mol. The number of hydrogen-bond donors (Lipinski definition) is 0. The Labute approximate surface area is 310 Å². The predicted octanol–water partition coefficient (Wildman–Crippen LogP) is 3.11. The molecule has 0 aromatic heterocycles. The molecule has 0 aliphatic carbocycles. The number of unbranched alkanes of at least 4 members (excludes halogenated alkanes) is 1. The van der Waals surface area contributed by atoms with Gasteiger partial charge >= 0.3 is 136 Å². The van der Waals surface area contributed by atoms with E-state index >= 15 is 0 Å². The van der Waals surface area contributed by atoms with Crippen molar-refractivity contribution in [1.82, 2.24) is 0 Å². The molecule has 0 fully saturated rings. The topological polar surface area (TPSA) is 248 Å². The Bertz CT molecular complexity index is 851. The molecule has 0 saturated heterocycles. The zero-order chi connectivity index (χ0) is 36.9. The summed E-state index contributed by atoms with van der Waals surface area (Å²) in [4.78, 5) is 0. The zero-order valence-corrected chi connectivity index (χ0v) is 27.0. The Kier molecular flexibility index (Phi) is 626. The van der Waals surface area contributed by atoms with Gasteiger partial charge in [-0.2, -0.15) is 0 Å². The molecule has 248 valence electrons. The number of rotatable bonds is 5. The van der Waals surface area contributed by atoms with Crippen molar-refractivity contribution in [3.8, 4) is 23.7 Å². The van der Waals surface area contributed by atoms with Crippen LogP contribution in [-0.4, -0.2) is 6.61 Å². The average Bonchev–Trinajstić information content (AvgIpc) is 3.16. The summed E-state index contributed by atoms with van der Waals surface area (Å²) in [5.74, 6) is 12.0. The summed E-state index contributed by atoms with van der Waals surface area (Å²) in [6, 6.07) is 10.1. The minimum atomic E-state index is 0. The Balaban J connectivity index is -0.0000000196. The minimum Gasteiger partial charge on any atom is 0 e. The van der Waals surface area contributed by atoms with Gasteiger partial charge in [0, 0.05) is 73.5 Å². The molecule has 0 N–H and O–H groups in total. The van der Waals surface area contributed by atoms with Crippen LogP contribution in [0.1, 0.15) is 24.8 Å². The summed E-state index contributed by atoms with van der Waals surface area (Å²) in [5.41, 5.74) is 1.17. The Hall–Kier alpha value is -3.05. The van der Waals surface area contributed by atoms with Crippen LogP contribution in [0.5, 0.6) is 0 Å². The largest absolute Gasteiger partial charge is 0 e. The van der Waals surface area contributed by atoms with E-state index < -0.39 is 0 Å². The maximum absolute atomic E-state index is 7.50. The van der Waals surface area contributed by atoms with Crippen molar-refractivity contribution in [2.24, 2.45) is 0 Å². The van der Waals surface area contributed by atoms with Gasteiger partial charge in [-0.3, -0.25) is 0 Å².